The van der Waals surface area contributed by atoms with Gasteiger partial charge in [0.25, 0.3) is 0 Å². The highest BCUT2D eigenvalue weighted by Crippen LogP contribution is 2.32. The Morgan fingerprint density at radius 2 is 1.89 bits per heavy atom. The number of hydrogen-bond acceptors (Lipinski definition) is 15. The topological polar surface area (TPSA) is 278 Å². The molecule has 0 aromatic rings. The summed E-state index contributed by atoms with van der Waals surface area (Å²) in [5.41, 5.74) is 16.4. The van der Waals surface area contributed by atoms with Crippen LogP contribution in [0.3, 0.4) is 0 Å². The Labute approximate surface area is 262 Å². The van der Waals surface area contributed by atoms with Gasteiger partial charge in [-0.15, -0.1) is 0 Å². The average Bonchev–Trinajstić information content (AvgIpc) is 3.54. The Bertz CT molecular complexity index is 1030. The van der Waals surface area contributed by atoms with Crippen LogP contribution in [0, 0.1) is 0 Å². The molecule has 1 aliphatic carbocycles. The highest BCUT2D eigenvalue weighted by Gasteiger charge is 2.52. The van der Waals surface area contributed by atoms with E-state index in [-0.39, 0.29) is 44.5 Å². The number of aliphatic hydroxyl groups is 4. The number of likely N-dealkylation sites (N-methyl/N-ethyl adjacent to an activating group) is 1. The summed E-state index contributed by atoms with van der Waals surface area (Å²) in [5.74, 6) is -0.499. The fourth-order valence-corrected chi connectivity index (χ4v) is 6.40. The van der Waals surface area contributed by atoms with E-state index in [0.29, 0.717) is 18.6 Å². The van der Waals surface area contributed by atoms with Crippen molar-refractivity contribution in [3.05, 3.63) is 11.8 Å². The van der Waals surface area contributed by atoms with E-state index in [4.69, 9.17) is 36.1 Å². The van der Waals surface area contributed by atoms with E-state index >= 15 is 0 Å². The number of amides is 2. The summed E-state index contributed by atoms with van der Waals surface area (Å²) in [4.78, 5) is 25.7. The summed E-state index contributed by atoms with van der Waals surface area (Å²) in [5, 5.41) is 55.3. The Balaban J connectivity index is 1.55. The van der Waals surface area contributed by atoms with E-state index in [2.05, 4.69) is 21.3 Å². The van der Waals surface area contributed by atoms with Gasteiger partial charge in [0.15, 0.2) is 6.29 Å². The van der Waals surface area contributed by atoms with Crippen molar-refractivity contribution >= 4 is 11.8 Å². The first kappa shape index (κ1) is 35.8. The minimum absolute atomic E-state index is 0.00724. The van der Waals surface area contributed by atoms with E-state index in [9.17, 15) is 30.0 Å². The van der Waals surface area contributed by atoms with Crippen molar-refractivity contribution in [1.82, 2.24) is 21.3 Å². The minimum Gasteiger partial charge on any atom is -0.466 e. The number of hydrogen-bond donors (Lipinski definition) is 11. The van der Waals surface area contributed by atoms with Crippen molar-refractivity contribution in [3.8, 4) is 0 Å². The monoisotopic (exact) mass is 645 g/mol. The van der Waals surface area contributed by atoms with Crippen molar-refractivity contribution in [1.29, 1.82) is 0 Å². The summed E-state index contributed by atoms with van der Waals surface area (Å²) in [7, 11) is 1.57. The summed E-state index contributed by atoms with van der Waals surface area (Å²) in [6, 6.07) is -3.63. The highest BCUT2D eigenvalue weighted by atomic mass is 16.7. The third kappa shape index (κ3) is 8.48. The quantitative estimate of drug-likeness (QED) is 0.0947. The molecule has 0 spiro atoms. The second kappa shape index (κ2) is 15.7. The number of aliphatic hydroxyl groups excluding tert-OH is 3. The predicted octanol–water partition coefficient (Wildman–Crippen LogP) is -5.07. The van der Waals surface area contributed by atoms with Crippen molar-refractivity contribution in [3.63, 3.8) is 0 Å². The van der Waals surface area contributed by atoms with Gasteiger partial charge in [-0.1, -0.05) is 0 Å². The van der Waals surface area contributed by atoms with Crippen LogP contribution < -0.4 is 38.5 Å². The van der Waals surface area contributed by atoms with Crippen molar-refractivity contribution in [2.75, 3.05) is 33.3 Å². The van der Waals surface area contributed by atoms with E-state index in [1.54, 1.807) is 13.1 Å². The fraction of sp³-hybridized carbons (Fsp3) is 0.857. The number of nitrogens with one attached hydrogen (secondary N) is 4. The number of carbonyl (C=O) groups is 2. The molecule has 3 fully saturated rings. The Morgan fingerprint density at radius 1 is 1.16 bits per heavy atom. The van der Waals surface area contributed by atoms with Gasteiger partial charge in [0.05, 0.1) is 37.3 Å². The van der Waals surface area contributed by atoms with Gasteiger partial charge in [-0.2, -0.15) is 0 Å². The Kier molecular flexibility index (Phi) is 12.5. The van der Waals surface area contributed by atoms with Crippen LogP contribution in [0.2, 0.25) is 0 Å². The fourth-order valence-electron chi connectivity index (χ4n) is 6.40. The van der Waals surface area contributed by atoms with Gasteiger partial charge >= 0.3 is 0 Å². The second-order valence-electron chi connectivity index (χ2n) is 12.5. The van der Waals surface area contributed by atoms with Gasteiger partial charge in [0.2, 0.25) is 18.1 Å². The molecule has 1 unspecified atom stereocenters. The van der Waals surface area contributed by atoms with Crippen LogP contribution >= 0.6 is 0 Å². The Hall–Kier alpha value is -2.00. The van der Waals surface area contributed by atoms with Crippen LogP contribution in [0.15, 0.2) is 11.8 Å². The molecule has 4 rings (SSSR count). The molecule has 0 aromatic carbocycles. The van der Waals surface area contributed by atoms with Gasteiger partial charge in [-0.3, -0.25) is 9.59 Å². The molecule has 258 valence electrons. The lowest BCUT2D eigenvalue weighted by Gasteiger charge is -2.49. The molecule has 0 bridgehead atoms. The second-order valence-corrected chi connectivity index (χ2v) is 12.5. The maximum Gasteiger partial charge on any atom is 0.249 e. The normalized spacial score (nSPS) is 41.1. The molecule has 3 aliphatic heterocycles. The van der Waals surface area contributed by atoms with Crippen molar-refractivity contribution in [2.45, 2.75) is 118 Å². The zero-order valence-corrected chi connectivity index (χ0v) is 25.8. The SMILES string of the molecule is CN[C@@H]1[C@@H](O)[C@@H](O[C@@H]2[C@@H](O)[C@H](O[C@H]3OC(CN)=CC[C@H]3NC(=O)C3CCCN3)[C@@H](N)C[C@H]2NC(=O)[C@@H](O)CCN)OC[C@]1(C)O. The lowest BCUT2D eigenvalue weighted by atomic mass is 9.83. The van der Waals surface area contributed by atoms with Crippen LogP contribution in [0.1, 0.15) is 39.0 Å². The number of rotatable bonds is 12. The molecule has 1 saturated carbocycles. The van der Waals surface area contributed by atoms with Gasteiger partial charge < -0.3 is 77.8 Å². The van der Waals surface area contributed by atoms with Crippen LogP contribution in [0.4, 0.5) is 0 Å². The lowest BCUT2D eigenvalue weighted by Crippen LogP contribution is -2.69. The standard InChI is InChI=1S/C28H51N7O10/c1-28(41)12-42-27(20(38)23(28)32-2)45-22-17(35-25(40)18(36)7-8-29)10-14(31)21(19(22)37)44-26-16(6-5-13(11-30)43-26)34-24(39)15-4-3-9-33-15/h5,14-23,26-27,32-33,36-38,41H,3-4,6-12,29-31H2,1-2H3,(H,34,39)(H,35,40)/t14-,15?,16+,17+,18-,19-,20+,21+,22-,23+,26+,27+,28-/m0/s1. The highest BCUT2D eigenvalue weighted by molar-refractivity contribution is 5.82. The van der Waals surface area contributed by atoms with Crippen LogP contribution in [0.5, 0.6) is 0 Å². The molecular weight excluding hydrogens is 594 g/mol. The third-order valence-electron chi connectivity index (χ3n) is 8.91. The maximum atomic E-state index is 12.9. The number of ether oxygens (including phenoxy) is 4. The third-order valence-corrected chi connectivity index (χ3v) is 8.91. The van der Waals surface area contributed by atoms with E-state index in [1.165, 1.54) is 6.92 Å². The molecule has 0 radical (unpaired) electrons. The van der Waals surface area contributed by atoms with E-state index in [0.717, 1.165) is 13.0 Å². The zero-order valence-electron chi connectivity index (χ0n) is 25.8. The predicted molar refractivity (Wildman–Crippen MR) is 159 cm³/mol. The molecule has 0 aromatic heterocycles. The van der Waals surface area contributed by atoms with E-state index in [1.807, 2.05) is 0 Å². The summed E-state index contributed by atoms with van der Waals surface area (Å²) in [6.45, 7) is 2.20. The molecular formula is C28H51N7O10. The average molecular weight is 646 g/mol. The van der Waals surface area contributed by atoms with Gasteiger partial charge in [-0.25, -0.2) is 0 Å². The largest absolute Gasteiger partial charge is 0.466 e. The first-order chi connectivity index (χ1) is 21.4. The van der Waals surface area contributed by atoms with Crippen molar-refractivity contribution < 1.29 is 49.0 Å². The molecule has 14 N–H and O–H groups in total. The Morgan fingerprint density at radius 3 is 2.53 bits per heavy atom. The van der Waals surface area contributed by atoms with Crippen LogP contribution in [-0.4, -0.2) is 144 Å². The lowest BCUT2D eigenvalue weighted by molar-refractivity contribution is -0.304. The van der Waals surface area contributed by atoms with Crippen LogP contribution in [0.25, 0.3) is 0 Å². The number of carbonyl (C=O) groups excluding carboxylic acids is 2. The molecule has 45 heavy (non-hydrogen) atoms. The first-order valence-electron chi connectivity index (χ1n) is 15.6. The zero-order chi connectivity index (χ0) is 32.9. The maximum absolute atomic E-state index is 12.9. The molecule has 17 heteroatoms. The van der Waals surface area contributed by atoms with Gasteiger partial charge in [-0.05, 0) is 65.2 Å². The first-order valence-corrected chi connectivity index (χ1v) is 15.6. The smallest absolute Gasteiger partial charge is 0.249 e. The molecule has 13 atom stereocenters. The van der Waals surface area contributed by atoms with Gasteiger partial charge in [0, 0.05) is 6.04 Å². The molecule has 17 nitrogen and oxygen atoms in total. The summed E-state index contributed by atoms with van der Waals surface area (Å²) >= 11 is 0. The summed E-state index contributed by atoms with van der Waals surface area (Å²) in [6.07, 6.45) is -5.33. The molecule has 2 saturated heterocycles. The van der Waals surface area contributed by atoms with Crippen LogP contribution in [-0.2, 0) is 28.5 Å². The molecule has 2 amide bonds. The van der Waals surface area contributed by atoms with Gasteiger partial charge in [0.1, 0.15) is 41.9 Å². The molecule has 4 aliphatic rings. The van der Waals surface area contributed by atoms with Crippen molar-refractivity contribution in [2.24, 2.45) is 17.2 Å². The number of nitrogens with two attached hydrogens (primary N) is 3. The summed E-state index contributed by atoms with van der Waals surface area (Å²) < 4.78 is 24.0. The molecule has 3 heterocycles. The van der Waals surface area contributed by atoms with E-state index < -0.39 is 78.8 Å². The minimum atomic E-state index is -1.51.